The van der Waals surface area contributed by atoms with Crippen molar-refractivity contribution in [3.8, 4) is 11.1 Å². The average Bonchev–Trinajstić information content (AvgIpc) is 3.02. The first-order chi connectivity index (χ1) is 23.1. The Balaban J connectivity index is 1.60. The maximum Gasteiger partial charge on any atom is 0.416 e. The SMILES string of the molecule is COC[C@H]1CN2CCS(=O)(=O)CC2CN1c1cc(-c2ccc(F)cc2C)c(N(C)C(=O)C(C)(C)c2cc(C(F)(F)F)cc(C(F)(F)F)c2)cn1. The van der Waals surface area contributed by atoms with E-state index in [1.807, 2.05) is 4.90 Å². The normalized spacial score (nSPS) is 20.0. The van der Waals surface area contributed by atoms with E-state index < -0.39 is 56.0 Å². The predicted octanol–water partition coefficient (Wildman–Crippen LogP) is 6.11. The number of hydrogen-bond donors (Lipinski definition) is 0. The minimum Gasteiger partial charge on any atom is -0.383 e. The number of rotatable bonds is 7. The first kappa shape index (κ1) is 37.5. The number of halogens is 7. The standard InChI is InChI=1S/C34H37F7N4O4S/c1-20-10-24(35)6-7-27(20)28-14-30(45-17-26-19-50(47,48)9-8-44(26)16-25(45)18-49-5)42-15-29(28)43(4)31(46)32(2,3)21-11-22(33(36,37)38)13-23(12-21)34(39,40)41/h6-7,10-15,25-26H,8-9,16-19H2,1-5H3/t25-,26?/m1/s1. The molecule has 1 unspecified atom stereocenters. The number of benzene rings is 2. The summed E-state index contributed by atoms with van der Waals surface area (Å²) >= 11 is 0. The van der Waals surface area contributed by atoms with Gasteiger partial charge in [-0.05, 0) is 73.9 Å². The summed E-state index contributed by atoms with van der Waals surface area (Å²) in [6.07, 6.45) is -8.85. The van der Waals surface area contributed by atoms with Crippen molar-refractivity contribution in [2.45, 2.75) is 50.6 Å². The molecule has 272 valence electrons. The number of alkyl halides is 6. The fraction of sp³-hybridized carbons (Fsp3) is 0.471. The zero-order chi connectivity index (χ0) is 37.0. The second-order valence-corrected chi connectivity index (χ2v) is 15.6. The van der Waals surface area contributed by atoms with Crippen molar-refractivity contribution in [1.29, 1.82) is 0 Å². The van der Waals surface area contributed by atoms with Crippen LogP contribution >= 0.6 is 0 Å². The smallest absolute Gasteiger partial charge is 0.383 e. The van der Waals surface area contributed by atoms with Gasteiger partial charge in [0.05, 0.1) is 52.6 Å². The van der Waals surface area contributed by atoms with Gasteiger partial charge in [-0.15, -0.1) is 0 Å². The summed E-state index contributed by atoms with van der Waals surface area (Å²) in [5, 5.41) is 0. The van der Waals surface area contributed by atoms with Crippen molar-refractivity contribution in [3.63, 3.8) is 0 Å². The third-order valence-electron chi connectivity index (χ3n) is 9.46. The summed E-state index contributed by atoms with van der Waals surface area (Å²) in [5.74, 6) is -0.932. The molecule has 1 amide bonds. The molecular weight excluding hydrogens is 693 g/mol. The topological polar surface area (TPSA) is 83.0 Å². The van der Waals surface area contributed by atoms with Crippen LogP contribution in [0.3, 0.4) is 0 Å². The van der Waals surface area contributed by atoms with Crippen LogP contribution < -0.4 is 9.80 Å². The van der Waals surface area contributed by atoms with E-state index in [9.17, 15) is 43.9 Å². The van der Waals surface area contributed by atoms with Crippen LogP contribution in [0.25, 0.3) is 11.1 Å². The third-order valence-corrected chi connectivity index (χ3v) is 11.2. The molecular formula is C34H37F7N4O4S. The summed E-state index contributed by atoms with van der Waals surface area (Å²) in [7, 11) is -0.385. The predicted molar refractivity (Wildman–Crippen MR) is 174 cm³/mol. The van der Waals surface area contributed by atoms with Gasteiger partial charge in [-0.25, -0.2) is 17.8 Å². The van der Waals surface area contributed by atoms with Gasteiger partial charge in [0.25, 0.3) is 0 Å². The molecule has 50 heavy (non-hydrogen) atoms. The number of aryl methyl sites for hydroxylation is 1. The van der Waals surface area contributed by atoms with Crippen LogP contribution in [0, 0.1) is 12.7 Å². The number of aromatic nitrogens is 1. The molecule has 5 rings (SSSR count). The molecule has 8 nitrogen and oxygen atoms in total. The van der Waals surface area contributed by atoms with Crippen molar-refractivity contribution < 1.29 is 48.7 Å². The highest BCUT2D eigenvalue weighted by Crippen LogP contribution is 2.42. The molecule has 2 aliphatic rings. The zero-order valence-corrected chi connectivity index (χ0v) is 28.8. The van der Waals surface area contributed by atoms with E-state index >= 15 is 0 Å². The minimum absolute atomic E-state index is 0.00519. The highest BCUT2D eigenvalue weighted by atomic mass is 32.2. The van der Waals surface area contributed by atoms with Gasteiger partial charge in [0.1, 0.15) is 11.6 Å². The molecule has 3 heterocycles. The van der Waals surface area contributed by atoms with Crippen LogP contribution in [-0.4, -0.2) is 88.2 Å². The minimum atomic E-state index is -5.11. The van der Waals surface area contributed by atoms with E-state index in [4.69, 9.17) is 4.74 Å². The second-order valence-electron chi connectivity index (χ2n) is 13.3. The van der Waals surface area contributed by atoms with E-state index in [1.54, 1.807) is 20.1 Å². The number of pyridine rings is 1. The molecule has 2 fully saturated rings. The van der Waals surface area contributed by atoms with Crippen LogP contribution in [0.5, 0.6) is 0 Å². The molecule has 0 radical (unpaired) electrons. The number of carbonyl (C=O) groups is 1. The molecule has 2 aromatic carbocycles. The van der Waals surface area contributed by atoms with E-state index in [-0.39, 0.29) is 42.0 Å². The monoisotopic (exact) mass is 730 g/mol. The number of piperazine rings is 1. The summed E-state index contributed by atoms with van der Waals surface area (Å²) in [6, 6.07) is 6.18. The van der Waals surface area contributed by atoms with Crippen LogP contribution in [0.2, 0.25) is 0 Å². The number of amides is 1. The number of hydrogen-bond acceptors (Lipinski definition) is 7. The van der Waals surface area contributed by atoms with Gasteiger partial charge in [0.2, 0.25) is 5.91 Å². The molecule has 0 aliphatic carbocycles. The molecule has 1 aromatic heterocycles. The molecule has 2 atom stereocenters. The van der Waals surface area contributed by atoms with Crippen molar-refractivity contribution in [3.05, 3.63) is 76.7 Å². The van der Waals surface area contributed by atoms with Crippen LogP contribution in [0.4, 0.5) is 42.2 Å². The highest BCUT2D eigenvalue weighted by molar-refractivity contribution is 7.91. The first-order valence-electron chi connectivity index (χ1n) is 15.7. The van der Waals surface area contributed by atoms with E-state index in [0.717, 1.165) is 4.90 Å². The Bertz CT molecular complexity index is 1850. The maximum atomic E-state index is 14.2. The Labute approximate surface area is 285 Å². The molecule has 2 saturated heterocycles. The van der Waals surface area contributed by atoms with E-state index in [0.29, 0.717) is 54.3 Å². The quantitative estimate of drug-likeness (QED) is 0.272. The number of sulfone groups is 1. The zero-order valence-electron chi connectivity index (χ0n) is 28.0. The average molecular weight is 731 g/mol. The van der Waals surface area contributed by atoms with Crippen molar-refractivity contribution in [2.24, 2.45) is 0 Å². The number of methoxy groups -OCH3 is 1. The Hall–Kier alpha value is -3.76. The maximum absolute atomic E-state index is 14.2. The van der Waals surface area contributed by atoms with Crippen LogP contribution in [0.1, 0.15) is 36.1 Å². The molecule has 16 heteroatoms. The lowest BCUT2D eigenvalue weighted by Crippen LogP contribution is -2.64. The van der Waals surface area contributed by atoms with E-state index in [1.165, 1.54) is 45.3 Å². The molecule has 0 bridgehead atoms. The van der Waals surface area contributed by atoms with Gasteiger partial charge in [-0.1, -0.05) is 6.07 Å². The van der Waals surface area contributed by atoms with Crippen molar-refractivity contribution >= 4 is 27.2 Å². The van der Waals surface area contributed by atoms with Gasteiger partial charge in [-0.3, -0.25) is 9.69 Å². The van der Waals surface area contributed by atoms with E-state index in [2.05, 4.69) is 9.88 Å². The molecule has 0 spiro atoms. The number of anilines is 2. The number of fused-ring (bicyclic) bond motifs is 1. The van der Waals surface area contributed by atoms with Crippen LogP contribution in [0.15, 0.2) is 48.7 Å². The number of ether oxygens (including phenoxy) is 1. The van der Waals surface area contributed by atoms with Gasteiger partial charge in [-0.2, -0.15) is 26.3 Å². The van der Waals surface area contributed by atoms with Gasteiger partial charge in [0.15, 0.2) is 9.84 Å². The Morgan fingerprint density at radius 1 is 0.960 bits per heavy atom. The van der Waals surface area contributed by atoms with Gasteiger partial charge in [0, 0.05) is 45.4 Å². The molecule has 2 aliphatic heterocycles. The largest absolute Gasteiger partial charge is 0.416 e. The van der Waals surface area contributed by atoms with Crippen LogP contribution in [-0.2, 0) is 37.1 Å². The Kier molecular flexibility index (Phi) is 10.1. The number of carbonyl (C=O) groups excluding carboxylic acids is 1. The highest BCUT2D eigenvalue weighted by Gasteiger charge is 2.43. The van der Waals surface area contributed by atoms with Crippen molar-refractivity contribution in [1.82, 2.24) is 9.88 Å². The van der Waals surface area contributed by atoms with Crippen molar-refractivity contribution in [2.75, 3.05) is 61.7 Å². The Morgan fingerprint density at radius 3 is 2.16 bits per heavy atom. The summed E-state index contributed by atoms with van der Waals surface area (Å²) in [6.45, 7) is 5.57. The molecule has 0 N–H and O–H groups in total. The summed E-state index contributed by atoms with van der Waals surface area (Å²) in [4.78, 5) is 23.9. The van der Waals surface area contributed by atoms with Gasteiger partial charge >= 0.3 is 12.4 Å². The lowest BCUT2D eigenvalue weighted by molar-refractivity contribution is -0.143. The lowest BCUT2D eigenvalue weighted by Gasteiger charge is -2.48. The Morgan fingerprint density at radius 2 is 1.58 bits per heavy atom. The fourth-order valence-electron chi connectivity index (χ4n) is 6.66. The lowest BCUT2D eigenvalue weighted by atomic mass is 9.81. The first-order valence-corrected chi connectivity index (χ1v) is 17.5. The van der Waals surface area contributed by atoms with Gasteiger partial charge < -0.3 is 14.5 Å². The molecule has 3 aromatic rings. The summed E-state index contributed by atoms with van der Waals surface area (Å²) < 4.78 is 127. The third kappa shape index (κ3) is 7.61. The number of nitrogens with zero attached hydrogens (tertiary/aromatic N) is 4. The fourth-order valence-corrected chi connectivity index (χ4v) is 8.25. The number of likely N-dealkylation sites (N-methyl/N-ethyl adjacent to an activating group) is 1. The summed E-state index contributed by atoms with van der Waals surface area (Å²) in [5.41, 5.74) is -3.97. The second kappa shape index (κ2) is 13.4. The molecule has 0 saturated carbocycles.